The summed E-state index contributed by atoms with van der Waals surface area (Å²) in [7, 11) is 0. The van der Waals surface area contributed by atoms with E-state index in [9.17, 15) is 4.79 Å². The maximum Gasteiger partial charge on any atom is 0.234 e. The van der Waals surface area contributed by atoms with E-state index in [4.69, 9.17) is 5.73 Å². The van der Waals surface area contributed by atoms with Crippen molar-refractivity contribution in [2.75, 3.05) is 6.54 Å². The second kappa shape index (κ2) is 6.82. The summed E-state index contributed by atoms with van der Waals surface area (Å²) in [5.41, 5.74) is 5.31. The van der Waals surface area contributed by atoms with Crippen molar-refractivity contribution in [1.29, 1.82) is 0 Å². The minimum absolute atomic E-state index is 0.185. The third kappa shape index (κ3) is 4.61. The predicted molar refractivity (Wildman–Crippen MR) is 59.9 cm³/mol. The van der Waals surface area contributed by atoms with Gasteiger partial charge in [-0.05, 0) is 18.4 Å². The van der Waals surface area contributed by atoms with Crippen LogP contribution in [0, 0.1) is 11.8 Å². The van der Waals surface area contributed by atoms with Crippen LogP contribution in [0.15, 0.2) is 0 Å². The summed E-state index contributed by atoms with van der Waals surface area (Å²) in [6.45, 7) is 9.25. The summed E-state index contributed by atoms with van der Waals surface area (Å²) in [5, 5.41) is 3.25. The predicted octanol–water partition coefficient (Wildman–Crippen LogP) is 1.52. The molecule has 0 aromatic heterocycles. The molecule has 0 heterocycles. The Labute approximate surface area is 87.4 Å². The number of nitrogens with one attached hydrogen (secondary N) is 1. The summed E-state index contributed by atoms with van der Waals surface area (Å²) < 4.78 is 0. The molecule has 84 valence electrons. The van der Waals surface area contributed by atoms with E-state index in [2.05, 4.69) is 19.2 Å². The average Bonchev–Trinajstić information content (AvgIpc) is 2.11. The van der Waals surface area contributed by atoms with Crippen molar-refractivity contribution in [2.24, 2.45) is 17.6 Å². The summed E-state index contributed by atoms with van der Waals surface area (Å²) in [6.07, 6.45) is 2.29. The van der Waals surface area contributed by atoms with E-state index in [1.54, 1.807) is 0 Å². The number of carbonyl (C=O) groups excluding carboxylic acids is 1. The largest absolute Gasteiger partial charge is 0.368 e. The number of hydrogen-bond acceptors (Lipinski definition) is 2. The number of rotatable bonds is 7. The highest BCUT2D eigenvalue weighted by atomic mass is 16.1. The van der Waals surface area contributed by atoms with Crippen LogP contribution in [0.25, 0.3) is 0 Å². The van der Waals surface area contributed by atoms with Crippen LogP contribution in [0.5, 0.6) is 0 Å². The molecular weight excluding hydrogens is 176 g/mol. The molecule has 3 nitrogen and oxygen atoms in total. The van der Waals surface area contributed by atoms with Crippen LogP contribution in [0.4, 0.5) is 0 Å². The minimum Gasteiger partial charge on any atom is -0.368 e. The van der Waals surface area contributed by atoms with E-state index < -0.39 is 0 Å². The van der Waals surface area contributed by atoms with Gasteiger partial charge in [0.15, 0.2) is 0 Å². The van der Waals surface area contributed by atoms with Gasteiger partial charge >= 0.3 is 0 Å². The minimum atomic E-state index is -0.244. The molecule has 3 heteroatoms. The van der Waals surface area contributed by atoms with Gasteiger partial charge in [0, 0.05) is 0 Å². The SMILES string of the molecule is CCC(CC)CNC(C(N)=O)C(C)C. The lowest BCUT2D eigenvalue weighted by Crippen LogP contribution is -2.46. The van der Waals surface area contributed by atoms with Crippen LogP contribution in [0.1, 0.15) is 40.5 Å². The number of carbonyl (C=O) groups is 1. The molecule has 0 aromatic rings. The van der Waals surface area contributed by atoms with Gasteiger partial charge in [-0.25, -0.2) is 0 Å². The molecule has 14 heavy (non-hydrogen) atoms. The first-order valence-electron chi connectivity index (χ1n) is 5.55. The third-order valence-corrected chi connectivity index (χ3v) is 2.75. The topological polar surface area (TPSA) is 55.1 Å². The molecule has 0 saturated carbocycles. The van der Waals surface area contributed by atoms with Gasteiger partial charge < -0.3 is 11.1 Å². The van der Waals surface area contributed by atoms with Gasteiger partial charge in [0.1, 0.15) is 0 Å². The maximum absolute atomic E-state index is 11.1. The average molecular weight is 200 g/mol. The highest BCUT2D eigenvalue weighted by molar-refractivity contribution is 5.80. The Bertz CT molecular complexity index is 165. The molecular formula is C11H24N2O. The Kier molecular flexibility index (Phi) is 6.54. The first-order valence-corrected chi connectivity index (χ1v) is 5.55. The van der Waals surface area contributed by atoms with Crippen molar-refractivity contribution in [3.8, 4) is 0 Å². The van der Waals surface area contributed by atoms with E-state index in [-0.39, 0.29) is 17.9 Å². The molecule has 3 N–H and O–H groups in total. The van der Waals surface area contributed by atoms with Crippen molar-refractivity contribution >= 4 is 5.91 Å². The highest BCUT2D eigenvalue weighted by Gasteiger charge is 2.19. The van der Waals surface area contributed by atoms with Crippen molar-refractivity contribution in [1.82, 2.24) is 5.32 Å². The standard InChI is InChI=1S/C11H24N2O/c1-5-9(6-2)7-13-10(8(3)4)11(12)14/h8-10,13H,5-7H2,1-4H3,(H2,12,14). The van der Waals surface area contributed by atoms with Gasteiger partial charge in [-0.2, -0.15) is 0 Å². The molecule has 0 bridgehead atoms. The van der Waals surface area contributed by atoms with E-state index >= 15 is 0 Å². The van der Waals surface area contributed by atoms with Gasteiger partial charge in [0.25, 0.3) is 0 Å². The van der Waals surface area contributed by atoms with E-state index in [0.29, 0.717) is 5.92 Å². The van der Waals surface area contributed by atoms with Gasteiger partial charge in [-0.1, -0.05) is 40.5 Å². The van der Waals surface area contributed by atoms with Crippen LogP contribution in [-0.4, -0.2) is 18.5 Å². The second-order valence-electron chi connectivity index (χ2n) is 4.21. The molecule has 0 aliphatic rings. The summed E-state index contributed by atoms with van der Waals surface area (Å²) in [6, 6.07) is -0.185. The Morgan fingerprint density at radius 1 is 1.29 bits per heavy atom. The molecule has 0 spiro atoms. The molecule has 1 unspecified atom stereocenters. The highest BCUT2D eigenvalue weighted by Crippen LogP contribution is 2.07. The first-order chi connectivity index (χ1) is 6.52. The van der Waals surface area contributed by atoms with E-state index in [1.807, 2.05) is 13.8 Å². The zero-order chi connectivity index (χ0) is 11.1. The summed E-state index contributed by atoms with van der Waals surface area (Å²) >= 11 is 0. The first kappa shape index (κ1) is 13.4. The third-order valence-electron chi connectivity index (χ3n) is 2.75. The van der Waals surface area contributed by atoms with Crippen LogP contribution in [0.3, 0.4) is 0 Å². The lowest BCUT2D eigenvalue weighted by atomic mass is 10.00. The molecule has 0 radical (unpaired) electrons. The van der Waals surface area contributed by atoms with Gasteiger partial charge in [0.05, 0.1) is 6.04 Å². The van der Waals surface area contributed by atoms with Gasteiger partial charge in [-0.15, -0.1) is 0 Å². The monoisotopic (exact) mass is 200 g/mol. The molecule has 0 rings (SSSR count). The fraction of sp³-hybridized carbons (Fsp3) is 0.909. The maximum atomic E-state index is 11.1. The fourth-order valence-corrected chi connectivity index (χ4v) is 1.54. The Balaban J connectivity index is 3.99. The van der Waals surface area contributed by atoms with Crippen molar-refractivity contribution in [3.05, 3.63) is 0 Å². The van der Waals surface area contributed by atoms with Crippen LogP contribution in [0.2, 0.25) is 0 Å². The number of amides is 1. The molecule has 0 aliphatic heterocycles. The normalized spacial score (nSPS) is 13.6. The van der Waals surface area contributed by atoms with Gasteiger partial charge in [-0.3, -0.25) is 4.79 Å². The smallest absolute Gasteiger partial charge is 0.234 e. The number of primary amides is 1. The Morgan fingerprint density at radius 2 is 1.79 bits per heavy atom. The van der Waals surface area contributed by atoms with Gasteiger partial charge in [0.2, 0.25) is 5.91 Å². The van der Waals surface area contributed by atoms with Crippen LogP contribution < -0.4 is 11.1 Å². The van der Waals surface area contributed by atoms with Crippen LogP contribution in [-0.2, 0) is 4.79 Å². The Morgan fingerprint density at radius 3 is 2.07 bits per heavy atom. The number of nitrogens with two attached hydrogens (primary N) is 1. The molecule has 0 fully saturated rings. The van der Waals surface area contributed by atoms with Crippen molar-refractivity contribution in [2.45, 2.75) is 46.6 Å². The number of hydrogen-bond donors (Lipinski definition) is 2. The summed E-state index contributed by atoms with van der Waals surface area (Å²) in [5.74, 6) is 0.670. The second-order valence-corrected chi connectivity index (χ2v) is 4.21. The molecule has 0 aromatic carbocycles. The fourth-order valence-electron chi connectivity index (χ4n) is 1.54. The van der Waals surface area contributed by atoms with E-state index in [1.165, 1.54) is 0 Å². The van der Waals surface area contributed by atoms with Crippen LogP contribution >= 0.6 is 0 Å². The lowest BCUT2D eigenvalue weighted by Gasteiger charge is -2.22. The molecule has 0 saturated heterocycles. The van der Waals surface area contributed by atoms with Crippen molar-refractivity contribution < 1.29 is 4.79 Å². The zero-order valence-electron chi connectivity index (χ0n) is 9.84. The molecule has 0 aliphatic carbocycles. The Hall–Kier alpha value is -0.570. The summed E-state index contributed by atoms with van der Waals surface area (Å²) in [4.78, 5) is 11.1. The zero-order valence-corrected chi connectivity index (χ0v) is 9.84. The quantitative estimate of drug-likeness (QED) is 0.654. The molecule has 1 amide bonds. The lowest BCUT2D eigenvalue weighted by molar-refractivity contribution is -0.121. The molecule has 1 atom stereocenters. The van der Waals surface area contributed by atoms with E-state index in [0.717, 1.165) is 19.4 Å². The van der Waals surface area contributed by atoms with Crippen molar-refractivity contribution in [3.63, 3.8) is 0 Å².